The Kier molecular flexibility index (Phi) is 7.47. The SMILES string of the molecule is C/C=C/C(=O)N1CCN(c2nc(OCC3CCCN3C)nc3c2CCN(c2cc(O)cc4ccccc24)C3)CC1. The molecule has 40 heavy (non-hydrogen) atoms. The Balaban J connectivity index is 1.30. The second-order valence-electron chi connectivity index (χ2n) is 11.0. The smallest absolute Gasteiger partial charge is 0.318 e. The zero-order chi connectivity index (χ0) is 27.6. The average Bonchev–Trinajstić information content (AvgIpc) is 3.39. The number of phenols is 1. The van der Waals surface area contributed by atoms with Crippen LogP contribution in [0.2, 0.25) is 0 Å². The second kappa shape index (κ2) is 11.3. The third-order valence-corrected chi connectivity index (χ3v) is 8.46. The molecule has 3 aromatic rings. The number of likely N-dealkylation sites (N-methyl/N-ethyl adjacent to an activating group) is 1. The van der Waals surface area contributed by atoms with Crippen molar-refractivity contribution in [3.63, 3.8) is 0 Å². The van der Waals surface area contributed by atoms with Crippen molar-refractivity contribution in [2.45, 2.75) is 38.8 Å². The maximum atomic E-state index is 12.4. The number of aromatic hydroxyl groups is 1. The van der Waals surface area contributed by atoms with Crippen LogP contribution in [0.15, 0.2) is 48.6 Å². The van der Waals surface area contributed by atoms with Gasteiger partial charge in [-0.1, -0.05) is 30.3 Å². The maximum absolute atomic E-state index is 12.4. The van der Waals surface area contributed by atoms with Gasteiger partial charge in [0, 0.05) is 61.5 Å². The molecule has 2 saturated heterocycles. The predicted molar refractivity (Wildman–Crippen MR) is 157 cm³/mol. The summed E-state index contributed by atoms with van der Waals surface area (Å²) in [7, 11) is 2.14. The van der Waals surface area contributed by atoms with Crippen molar-refractivity contribution in [2.24, 2.45) is 0 Å². The largest absolute Gasteiger partial charge is 0.508 e. The number of phenolic OH excluding ortho intramolecular Hbond substituents is 1. The summed E-state index contributed by atoms with van der Waals surface area (Å²) in [6.45, 7) is 7.70. The van der Waals surface area contributed by atoms with E-state index in [9.17, 15) is 9.90 Å². The van der Waals surface area contributed by atoms with Gasteiger partial charge >= 0.3 is 6.01 Å². The number of benzene rings is 2. The molecular weight excluding hydrogens is 504 g/mol. The monoisotopic (exact) mass is 542 g/mol. The van der Waals surface area contributed by atoms with E-state index in [2.05, 4.69) is 27.8 Å². The van der Waals surface area contributed by atoms with Gasteiger partial charge in [0.25, 0.3) is 0 Å². The Morgan fingerprint density at radius 2 is 1.90 bits per heavy atom. The van der Waals surface area contributed by atoms with E-state index in [1.165, 1.54) is 6.42 Å². The Labute approximate surface area is 235 Å². The summed E-state index contributed by atoms with van der Waals surface area (Å²) in [5.41, 5.74) is 3.12. The Bertz CT molecular complexity index is 1420. The lowest BCUT2D eigenvalue weighted by Gasteiger charge is -2.38. The van der Waals surface area contributed by atoms with Gasteiger partial charge in [0.1, 0.15) is 18.2 Å². The number of allylic oxidation sites excluding steroid dienone is 1. The van der Waals surface area contributed by atoms with Crippen LogP contribution >= 0.6 is 0 Å². The van der Waals surface area contributed by atoms with Crippen molar-refractivity contribution < 1.29 is 14.6 Å². The lowest BCUT2D eigenvalue weighted by molar-refractivity contribution is -0.126. The summed E-state index contributed by atoms with van der Waals surface area (Å²) in [4.78, 5) is 31.1. The average molecular weight is 543 g/mol. The lowest BCUT2D eigenvalue weighted by Crippen LogP contribution is -2.49. The summed E-state index contributed by atoms with van der Waals surface area (Å²) in [5, 5.41) is 12.6. The first-order valence-corrected chi connectivity index (χ1v) is 14.4. The molecule has 3 aliphatic heterocycles. The molecule has 0 aliphatic carbocycles. The normalized spacial score (nSPS) is 19.9. The number of likely N-dealkylation sites (tertiary alicyclic amines) is 1. The van der Waals surface area contributed by atoms with Gasteiger partial charge in [-0.25, -0.2) is 0 Å². The minimum Gasteiger partial charge on any atom is -0.508 e. The quantitative estimate of drug-likeness (QED) is 0.473. The first-order chi connectivity index (χ1) is 19.5. The van der Waals surface area contributed by atoms with Gasteiger partial charge in [-0.15, -0.1) is 0 Å². The molecule has 2 aromatic carbocycles. The van der Waals surface area contributed by atoms with E-state index in [0.717, 1.165) is 72.6 Å². The molecule has 1 atom stereocenters. The van der Waals surface area contributed by atoms with Crippen LogP contribution in [0.4, 0.5) is 11.5 Å². The number of carbonyl (C=O) groups excluding carboxylic acids is 1. The standard InChI is InChI=1S/C31H38N6O3/c1-3-7-29(39)35-14-16-36(17-15-35)30-26-11-13-37(28-19-24(38)18-22-8-4-5-10-25(22)28)20-27(26)32-31(33-30)40-21-23-9-6-12-34(23)2/h3-5,7-8,10,18-19,23,38H,6,9,11-17,20-21H2,1-2H3/b7-3+. The highest BCUT2D eigenvalue weighted by atomic mass is 16.5. The number of anilines is 2. The van der Waals surface area contributed by atoms with Crippen molar-refractivity contribution in [3.05, 3.63) is 59.8 Å². The van der Waals surface area contributed by atoms with Crippen LogP contribution in [0.25, 0.3) is 10.8 Å². The van der Waals surface area contributed by atoms with Crippen molar-refractivity contribution in [3.8, 4) is 11.8 Å². The second-order valence-corrected chi connectivity index (χ2v) is 11.0. The van der Waals surface area contributed by atoms with E-state index in [0.29, 0.717) is 38.3 Å². The first-order valence-electron chi connectivity index (χ1n) is 14.4. The molecular formula is C31H38N6O3. The Morgan fingerprint density at radius 1 is 1.07 bits per heavy atom. The molecule has 6 rings (SSSR count). The number of hydrogen-bond donors (Lipinski definition) is 1. The van der Waals surface area contributed by atoms with Crippen LogP contribution in [0.1, 0.15) is 31.0 Å². The summed E-state index contributed by atoms with van der Waals surface area (Å²) < 4.78 is 6.26. The zero-order valence-corrected chi connectivity index (χ0v) is 23.4. The van der Waals surface area contributed by atoms with Crippen LogP contribution < -0.4 is 14.5 Å². The van der Waals surface area contributed by atoms with Gasteiger partial charge in [0.15, 0.2) is 0 Å². The maximum Gasteiger partial charge on any atom is 0.318 e. The number of carbonyl (C=O) groups is 1. The fourth-order valence-corrected chi connectivity index (χ4v) is 6.20. The van der Waals surface area contributed by atoms with E-state index >= 15 is 0 Å². The third kappa shape index (κ3) is 5.30. The van der Waals surface area contributed by atoms with Crippen LogP contribution in [-0.2, 0) is 17.8 Å². The van der Waals surface area contributed by atoms with Crippen molar-refractivity contribution in [2.75, 3.05) is 62.7 Å². The number of hydrogen-bond acceptors (Lipinski definition) is 8. The van der Waals surface area contributed by atoms with Gasteiger partial charge in [-0.3, -0.25) is 4.79 Å². The van der Waals surface area contributed by atoms with E-state index in [1.54, 1.807) is 12.2 Å². The van der Waals surface area contributed by atoms with Crippen molar-refractivity contribution in [1.82, 2.24) is 19.8 Å². The van der Waals surface area contributed by atoms with Gasteiger partial charge in [0.2, 0.25) is 5.91 Å². The minimum absolute atomic E-state index is 0.0607. The molecule has 0 bridgehead atoms. The van der Waals surface area contributed by atoms with Gasteiger partial charge < -0.3 is 29.4 Å². The Hall–Kier alpha value is -3.85. The minimum atomic E-state index is 0.0607. The molecule has 3 aliphatic rings. The van der Waals surface area contributed by atoms with Crippen LogP contribution in [-0.4, -0.2) is 89.7 Å². The number of ether oxygens (including phenoxy) is 1. The summed E-state index contributed by atoms with van der Waals surface area (Å²) in [6.07, 6.45) is 6.52. The van der Waals surface area contributed by atoms with Gasteiger partial charge in [0.05, 0.1) is 12.2 Å². The highest BCUT2D eigenvalue weighted by Crippen LogP contribution is 2.36. The summed E-state index contributed by atoms with van der Waals surface area (Å²) >= 11 is 0. The van der Waals surface area contributed by atoms with Crippen LogP contribution in [0.5, 0.6) is 11.8 Å². The topological polar surface area (TPSA) is 85.3 Å². The predicted octanol–water partition coefficient (Wildman–Crippen LogP) is 3.60. The highest BCUT2D eigenvalue weighted by molar-refractivity contribution is 5.95. The van der Waals surface area contributed by atoms with E-state index in [4.69, 9.17) is 14.7 Å². The van der Waals surface area contributed by atoms with Gasteiger partial charge in [-0.05, 0) is 57.3 Å². The number of nitrogens with zero attached hydrogens (tertiary/aromatic N) is 6. The molecule has 0 spiro atoms. The molecule has 0 saturated carbocycles. The third-order valence-electron chi connectivity index (χ3n) is 8.46. The number of rotatable bonds is 6. The molecule has 1 N–H and O–H groups in total. The molecule has 2 fully saturated rings. The number of piperazine rings is 1. The van der Waals surface area contributed by atoms with Gasteiger partial charge in [-0.2, -0.15) is 9.97 Å². The molecule has 210 valence electrons. The van der Waals surface area contributed by atoms with E-state index in [1.807, 2.05) is 42.2 Å². The molecule has 1 amide bonds. The Morgan fingerprint density at radius 3 is 2.67 bits per heavy atom. The van der Waals surface area contributed by atoms with E-state index < -0.39 is 0 Å². The number of amides is 1. The zero-order valence-electron chi connectivity index (χ0n) is 23.4. The summed E-state index contributed by atoms with van der Waals surface area (Å²) in [5.74, 6) is 1.25. The molecule has 9 heteroatoms. The fourth-order valence-electron chi connectivity index (χ4n) is 6.20. The van der Waals surface area contributed by atoms with Crippen molar-refractivity contribution >= 4 is 28.2 Å². The number of aromatic nitrogens is 2. The molecule has 4 heterocycles. The number of fused-ring (bicyclic) bond motifs is 2. The van der Waals surface area contributed by atoms with Crippen LogP contribution in [0, 0.1) is 0 Å². The highest BCUT2D eigenvalue weighted by Gasteiger charge is 2.30. The molecule has 1 unspecified atom stereocenters. The lowest BCUT2D eigenvalue weighted by atomic mass is 10.0. The fraction of sp³-hybridized carbons (Fsp3) is 0.452. The summed E-state index contributed by atoms with van der Waals surface area (Å²) in [6, 6.07) is 12.6. The molecule has 0 radical (unpaired) electrons. The molecule has 1 aromatic heterocycles. The first kappa shape index (κ1) is 26.4. The molecule has 9 nitrogen and oxygen atoms in total. The van der Waals surface area contributed by atoms with E-state index in [-0.39, 0.29) is 11.7 Å². The van der Waals surface area contributed by atoms with Crippen molar-refractivity contribution in [1.29, 1.82) is 0 Å². The van der Waals surface area contributed by atoms with Crippen LogP contribution in [0.3, 0.4) is 0 Å².